The van der Waals surface area contributed by atoms with Gasteiger partial charge >= 0.3 is 0 Å². The second kappa shape index (κ2) is 7.90. The summed E-state index contributed by atoms with van der Waals surface area (Å²) in [5.41, 5.74) is 7.10. The van der Waals surface area contributed by atoms with Crippen molar-refractivity contribution in [2.75, 3.05) is 19.6 Å². The van der Waals surface area contributed by atoms with Crippen LogP contribution in [0.3, 0.4) is 0 Å². The van der Waals surface area contributed by atoms with Gasteiger partial charge in [-0.25, -0.2) is 0 Å². The van der Waals surface area contributed by atoms with Crippen LogP contribution in [-0.4, -0.2) is 39.3 Å². The molecule has 0 atom stereocenters. The Morgan fingerprint density at radius 3 is 2.57 bits per heavy atom. The minimum atomic E-state index is 0.661. The summed E-state index contributed by atoms with van der Waals surface area (Å²) in [6, 6.07) is 10.5. The molecule has 0 unspecified atom stereocenters. The molecule has 21 heavy (non-hydrogen) atoms. The highest BCUT2D eigenvalue weighted by molar-refractivity contribution is 5.14. The molecular weight excluding hydrogens is 262 g/mol. The molecule has 1 heterocycles. The van der Waals surface area contributed by atoms with Crippen LogP contribution in [0.5, 0.6) is 0 Å². The molecule has 0 bridgehead atoms. The van der Waals surface area contributed by atoms with Crippen LogP contribution in [-0.2, 0) is 19.5 Å². The van der Waals surface area contributed by atoms with Crippen molar-refractivity contribution in [3.8, 4) is 0 Å². The number of aromatic nitrogens is 3. The zero-order valence-corrected chi connectivity index (χ0v) is 13.0. The maximum atomic E-state index is 5.74. The average Bonchev–Trinajstić information content (AvgIpc) is 2.86. The van der Waals surface area contributed by atoms with Crippen LogP contribution >= 0.6 is 0 Å². The molecule has 2 aromatic rings. The highest BCUT2D eigenvalue weighted by Gasteiger charge is 2.12. The number of rotatable bonds is 8. The lowest BCUT2D eigenvalue weighted by Gasteiger charge is -2.21. The second-order valence-electron chi connectivity index (χ2n) is 5.21. The lowest BCUT2D eigenvalue weighted by atomic mass is 10.1. The lowest BCUT2D eigenvalue weighted by Crippen LogP contribution is -2.32. The van der Waals surface area contributed by atoms with Gasteiger partial charge in [0, 0.05) is 26.2 Å². The van der Waals surface area contributed by atoms with Gasteiger partial charge in [0.15, 0.2) is 0 Å². The van der Waals surface area contributed by atoms with E-state index in [9.17, 15) is 0 Å². The van der Waals surface area contributed by atoms with Gasteiger partial charge in [-0.1, -0.05) is 30.3 Å². The van der Waals surface area contributed by atoms with Crippen LogP contribution in [0.15, 0.2) is 30.3 Å². The Kier molecular flexibility index (Phi) is 5.90. The molecule has 0 spiro atoms. The van der Waals surface area contributed by atoms with E-state index in [2.05, 4.69) is 50.9 Å². The van der Waals surface area contributed by atoms with Crippen molar-refractivity contribution in [2.45, 2.75) is 33.4 Å². The van der Waals surface area contributed by atoms with Crippen molar-refractivity contribution in [3.05, 3.63) is 47.5 Å². The number of aryl methyl sites for hydroxylation is 1. The highest BCUT2D eigenvalue weighted by Crippen LogP contribution is 2.07. The van der Waals surface area contributed by atoms with Gasteiger partial charge in [-0.05, 0) is 25.8 Å². The van der Waals surface area contributed by atoms with Gasteiger partial charge in [0.05, 0.1) is 6.54 Å². The Morgan fingerprint density at radius 1 is 1.14 bits per heavy atom. The van der Waals surface area contributed by atoms with Gasteiger partial charge in [-0.2, -0.15) is 0 Å². The molecule has 0 amide bonds. The third-order valence-electron chi connectivity index (χ3n) is 3.70. The third kappa shape index (κ3) is 4.37. The van der Waals surface area contributed by atoms with Crippen molar-refractivity contribution in [3.63, 3.8) is 0 Å². The number of hydrogen-bond donors (Lipinski definition) is 1. The summed E-state index contributed by atoms with van der Waals surface area (Å²) in [7, 11) is 0. The molecule has 1 aromatic carbocycles. The van der Waals surface area contributed by atoms with Crippen molar-refractivity contribution in [2.24, 2.45) is 5.73 Å². The normalized spacial score (nSPS) is 11.2. The molecule has 2 rings (SSSR count). The number of hydrogen-bond acceptors (Lipinski definition) is 4. The van der Waals surface area contributed by atoms with E-state index in [1.54, 1.807) is 0 Å². The molecule has 0 aliphatic rings. The fourth-order valence-corrected chi connectivity index (χ4v) is 2.54. The van der Waals surface area contributed by atoms with Gasteiger partial charge in [0.1, 0.15) is 11.6 Å². The molecule has 0 aliphatic heterocycles. The Labute approximate surface area is 126 Å². The first-order valence-electron chi connectivity index (χ1n) is 7.59. The lowest BCUT2D eigenvalue weighted by molar-refractivity contribution is 0.265. The monoisotopic (exact) mass is 287 g/mol. The van der Waals surface area contributed by atoms with Crippen molar-refractivity contribution >= 4 is 0 Å². The fraction of sp³-hybridized carbons (Fsp3) is 0.500. The summed E-state index contributed by atoms with van der Waals surface area (Å²) < 4.78 is 2.16. The minimum Gasteiger partial charge on any atom is -0.329 e. The molecule has 114 valence electrons. The van der Waals surface area contributed by atoms with Crippen molar-refractivity contribution in [1.29, 1.82) is 0 Å². The molecule has 0 saturated heterocycles. The second-order valence-corrected chi connectivity index (χ2v) is 5.21. The summed E-state index contributed by atoms with van der Waals surface area (Å²) in [6.45, 7) is 8.35. The van der Waals surface area contributed by atoms with Crippen molar-refractivity contribution < 1.29 is 0 Å². The van der Waals surface area contributed by atoms with E-state index in [-0.39, 0.29) is 0 Å². The van der Waals surface area contributed by atoms with Crippen LogP contribution in [0.4, 0.5) is 0 Å². The average molecular weight is 287 g/mol. The minimum absolute atomic E-state index is 0.661. The highest BCUT2D eigenvalue weighted by atomic mass is 15.3. The number of nitrogens with two attached hydrogens (primary N) is 1. The zero-order chi connectivity index (χ0) is 15.1. The molecule has 2 N–H and O–H groups in total. The molecule has 1 aromatic heterocycles. The quantitative estimate of drug-likeness (QED) is 0.801. The summed E-state index contributed by atoms with van der Waals surface area (Å²) >= 11 is 0. The van der Waals surface area contributed by atoms with Gasteiger partial charge in [0.25, 0.3) is 0 Å². The summed E-state index contributed by atoms with van der Waals surface area (Å²) in [4.78, 5) is 2.35. The molecule has 0 fully saturated rings. The molecule has 0 aliphatic carbocycles. The van der Waals surface area contributed by atoms with E-state index in [1.807, 2.05) is 13.0 Å². The van der Waals surface area contributed by atoms with E-state index >= 15 is 0 Å². The van der Waals surface area contributed by atoms with E-state index in [0.29, 0.717) is 6.54 Å². The number of benzene rings is 1. The fourth-order valence-electron chi connectivity index (χ4n) is 2.54. The van der Waals surface area contributed by atoms with Gasteiger partial charge < -0.3 is 10.3 Å². The van der Waals surface area contributed by atoms with Crippen LogP contribution < -0.4 is 5.73 Å². The number of nitrogens with zero attached hydrogens (tertiary/aromatic N) is 4. The Balaban J connectivity index is 1.98. The molecule has 5 nitrogen and oxygen atoms in total. The Hall–Kier alpha value is -1.72. The van der Waals surface area contributed by atoms with Crippen LogP contribution in [0.1, 0.15) is 24.1 Å². The summed E-state index contributed by atoms with van der Waals surface area (Å²) in [5.74, 6) is 2.00. The summed E-state index contributed by atoms with van der Waals surface area (Å²) in [5, 5.41) is 8.47. The van der Waals surface area contributed by atoms with E-state index in [0.717, 1.165) is 44.2 Å². The Morgan fingerprint density at radius 2 is 1.90 bits per heavy atom. The maximum absolute atomic E-state index is 5.74. The predicted octanol–water partition coefficient (Wildman–Crippen LogP) is 1.61. The largest absolute Gasteiger partial charge is 0.329 e. The first-order chi connectivity index (χ1) is 10.2. The van der Waals surface area contributed by atoms with E-state index in [1.165, 1.54) is 5.56 Å². The van der Waals surface area contributed by atoms with Gasteiger partial charge in [0.2, 0.25) is 0 Å². The molecule has 0 radical (unpaired) electrons. The Bertz CT molecular complexity index is 535. The standard InChI is InChI=1S/C16H25N5/c1-3-21-14(2)18-19-16(21)13-20(12-10-17)11-9-15-7-5-4-6-8-15/h4-8H,3,9-13,17H2,1-2H3. The smallest absolute Gasteiger partial charge is 0.147 e. The van der Waals surface area contributed by atoms with Crippen molar-refractivity contribution in [1.82, 2.24) is 19.7 Å². The SMILES string of the molecule is CCn1c(C)nnc1CN(CCN)CCc1ccccc1. The molecule has 0 saturated carbocycles. The van der Waals surface area contributed by atoms with E-state index < -0.39 is 0 Å². The van der Waals surface area contributed by atoms with Crippen LogP contribution in [0.25, 0.3) is 0 Å². The molecule has 5 heteroatoms. The first-order valence-corrected chi connectivity index (χ1v) is 7.59. The van der Waals surface area contributed by atoms with Crippen LogP contribution in [0.2, 0.25) is 0 Å². The topological polar surface area (TPSA) is 60.0 Å². The van der Waals surface area contributed by atoms with E-state index in [4.69, 9.17) is 5.73 Å². The zero-order valence-electron chi connectivity index (χ0n) is 13.0. The van der Waals surface area contributed by atoms with Gasteiger partial charge in [-0.15, -0.1) is 10.2 Å². The molecular formula is C16H25N5. The van der Waals surface area contributed by atoms with Crippen LogP contribution in [0, 0.1) is 6.92 Å². The van der Waals surface area contributed by atoms with Gasteiger partial charge in [-0.3, -0.25) is 4.90 Å². The summed E-state index contributed by atoms with van der Waals surface area (Å²) in [6.07, 6.45) is 1.03. The third-order valence-corrected chi connectivity index (χ3v) is 3.70. The first kappa shape index (κ1) is 15.7. The maximum Gasteiger partial charge on any atom is 0.147 e. The predicted molar refractivity (Wildman–Crippen MR) is 84.9 cm³/mol.